The summed E-state index contributed by atoms with van der Waals surface area (Å²) in [6.07, 6.45) is 5.37. The summed E-state index contributed by atoms with van der Waals surface area (Å²) in [5.74, 6) is -1.10. The van der Waals surface area contributed by atoms with E-state index >= 15 is 0 Å². The van der Waals surface area contributed by atoms with Gasteiger partial charge in [0.05, 0.1) is 12.7 Å². The Labute approximate surface area is 140 Å². The van der Waals surface area contributed by atoms with E-state index in [4.69, 9.17) is 4.74 Å². The number of esters is 1. The number of hydrogen-bond acceptors (Lipinski definition) is 6. The van der Waals surface area contributed by atoms with E-state index in [0.29, 0.717) is 5.69 Å². The third-order valence-electron chi connectivity index (χ3n) is 4.22. The van der Waals surface area contributed by atoms with E-state index in [1.807, 2.05) is 0 Å². The standard InChI is InChI=1S/C15H14N6O4/c1-25-15(24)9-6-21(5-8-11(9)17-19-13(8)22)20-14(23)12-7-3-2-4-10(7)16-18-12/h5-6H,2-4H2,1H3,(H,16,18)(H,19,22)(H,20,23). The fourth-order valence-corrected chi connectivity index (χ4v) is 3.04. The molecule has 10 heteroatoms. The molecule has 0 bridgehead atoms. The van der Waals surface area contributed by atoms with E-state index in [1.165, 1.54) is 24.2 Å². The Morgan fingerprint density at radius 1 is 1.24 bits per heavy atom. The number of nitrogens with zero attached hydrogens (tertiary/aromatic N) is 3. The summed E-state index contributed by atoms with van der Waals surface area (Å²) in [4.78, 5) is 36.3. The van der Waals surface area contributed by atoms with Crippen molar-refractivity contribution in [2.24, 2.45) is 0 Å². The second-order valence-corrected chi connectivity index (χ2v) is 5.71. The number of carbonyl (C=O) groups is 2. The minimum absolute atomic E-state index is 0.0610. The summed E-state index contributed by atoms with van der Waals surface area (Å²) in [7, 11) is 1.22. The number of pyridine rings is 1. The predicted octanol–water partition coefficient (Wildman–Crippen LogP) is 0.0585. The average molecular weight is 342 g/mol. The lowest BCUT2D eigenvalue weighted by Gasteiger charge is -2.12. The smallest absolute Gasteiger partial charge is 0.341 e. The first-order valence-corrected chi connectivity index (χ1v) is 7.64. The first-order chi connectivity index (χ1) is 12.1. The predicted molar refractivity (Wildman–Crippen MR) is 85.1 cm³/mol. The number of ether oxygens (including phenoxy) is 1. The first-order valence-electron chi connectivity index (χ1n) is 7.64. The van der Waals surface area contributed by atoms with Crippen molar-refractivity contribution < 1.29 is 14.3 Å². The zero-order chi connectivity index (χ0) is 17.6. The molecule has 1 aromatic heterocycles. The summed E-state index contributed by atoms with van der Waals surface area (Å²) in [6.45, 7) is 0. The lowest BCUT2D eigenvalue weighted by atomic mass is 10.1. The van der Waals surface area contributed by atoms with Crippen LogP contribution in [0.4, 0.5) is 0 Å². The Hall–Kier alpha value is -3.43. The minimum atomic E-state index is -0.666. The van der Waals surface area contributed by atoms with Gasteiger partial charge in [-0.2, -0.15) is 10.2 Å². The van der Waals surface area contributed by atoms with Crippen LogP contribution in [0, 0.1) is 0 Å². The number of H-pyrrole nitrogens is 2. The SMILES string of the molecule is COC(=O)c1cn(NC(=O)c2n[nH]c3c2CCC3)cc2c(=O)[nH]nc1-2. The molecule has 2 aliphatic heterocycles. The monoisotopic (exact) mass is 342 g/mol. The van der Waals surface area contributed by atoms with Gasteiger partial charge in [0.1, 0.15) is 11.3 Å². The van der Waals surface area contributed by atoms with Gasteiger partial charge >= 0.3 is 5.97 Å². The highest BCUT2D eigenvalue weighted by Crippen LogP contribution is 2.23. The Morgan fingerprint density at radius 3 is 2.88 bits per heavy atom. The van der Waals surface area contributed by atoms with Crippen LogP contribution in [-0.4, -0.2) is 44.1 Å². The van der Waals surface area contributed by atoms with Crippen LogP contribution in [0.25, 0.3) is 11.3 Å². The molecule has 25 heavy (non-hydrogen) atoms. The normalized spacial score (nSPS) is 13.0. The van der Waals surface area contributed by atoms with Crippen molar-refractivity contribution in [3.8, 4) is 11.3 Å². The Bertz CT molecular complexity index is 1010. The van der Waals surface area contributed by atoms with Gasteiger partial charge in [-0.1, -0.05) is 0 Å². The van der Waals surface area contributed by atoms with Crippen molar-refractivity contribution in [1.82, 2.24) is 25.1 Å². The molecule has 3 aliphatic rings. The minimum Gasteiger partial charge on any atom is -0.465 e. The zero-order valence-electron chi connectivity index (χ0n) is 13.3. The van der Waals surface area contributed by atoms with Crippen LogP contribution < -0.4 is 11.0 Å². The fourth-order valence-electron chi connectivity index (χ4n) is 3.04. The molecule has 3 heterocycles. The number of hydrogen-bond donors (Lipinski definition) is 3. The highest BCUT2D eigenvalue weighted by molar-refractivity contribution is 6.00. The van der Waals surface area contributed by atoms with Gasteiger partial charge in [0, 0.05) is 23.7 Å². The van der Waals surface area contributed by atoms with Gasteiger partial charge in [0.2, 0.25) is 0 Å². The molecule has 0 unspecified atom stereocenters. The number of carbonyl (C=O) groups excluding carboxylic acids is 2. The molecule has 4 rings (SSSR count). The van der Waals surface area contributed by atoms with E-state index in [9.17, 15) is 14.4 Å². The van der Waals surface area contributed by atoms with E-state index in [2.05, 4.69) is 25.8 Å². The molecule has 128 valence electrons. The Balaban J connectivity index is 1.72. The van der Waals surface area contributed by atoms with E-state index in [-0.39, 0.29) is 16.8 Å². The topological polar surface area (TPSA) is 135 Å². The summed E-state index contributed by atoms with van der Waals surface area (Å²) in [5, 5.41) is 13.0. The molecule has 0 saturated carbocycles. The largest absolute Gasteiger partial charge is 0.465 e. The van der Waals surface area contributed by atoms with E-state index in [1.54, 1.807) is 0 Å². The number of rotatable bonds is 3. The van der Waals surface area contributed by atoms with Crippen molar-refractivity contribution in [3.63, 3.8) is 0 Å². The van der Waals surface area contributed by atoms with Crippen LogP contribution in [0.1, 0.15) is 38.5 Å². The molecule has 0 fully saturated rings. The van der Waals surface area contributed by atoms with Gasteiger partial charge in [-0.3, -0.25) is 24.8 Å². The molecule has 10 nitrogen and oxygen atoms in total. The van der Waals surface area contributed by atoms with Gasteiger partial charge < -0.3 is 4.74 Å². The van der Waals surface area contributed by atoms with Crippen LogP contribution in [0.15, 0.2) is 17.2 Å². The summed E-state index contributed by atoms with van der Waals surface area (Å²) >= 11 is 0. The molecule has 3 N–H and O–H groups in total. The van der Waals surface area contributed by atoms with Crippen molar-refractivity contribution in [2.75, 3.05) is 12.5 Å². The highest BCUT2D eigenvalue weighted by atomic mass is 16.5. The maximum Gasteiger partial charge on any atom is 0.341 e. The molecule has 1 aromatic rings. The summed E-state index contributed by atoms with van der Waals surface area (Å²) in [6, 6.07) is 0. The Kier molecular flexibility index (Phi) is 3.38. The molecule has 0 saturated heterocycles. The van der Waals surface area contributed by atoms with Crippen LogP contribution in [0.3, 0.4) is 0 Å². The van der Waals surface area contributed by atoms with Crippen LogP contribution in [0.2, 0.25) is 0 Å². The zero-order valence-corrected chi connectivity index (χ0v) is 13.3. The number of amides is 1. The van der Waals surface area contributed by atoms with Crippen molar-refractivity contribution in [3.05, 3.63) is 45.3 Å². The number of methoxy groups -OCH3 is 1. The molecular formula is C15H14N6O4. The lowest BCUT2D eigenvalue weighted by Crippen LogP contribution is -2.26. The van der Waals surface area contributed by atoms with Crippen molar-refractivity contribution in [2.45, 2.75) is 19.3 Å². The quantitative estimate of drug-likeness (QED) is 0.576. The third-order valence-corrected chi connectivity index (χ3v) is 4.22. The molecule has 0 spiro atoms. The number of nitrogens with one attached hydrogen (secondary N) is 3. The van der Waals surface area contributed by atoms with Gasteiger partial charge in [-0.25, -0.2) is 9.89 Å². The van der Waals surface area contributed by atoms with Gasteiger partial charge in [0.25, 0.3) is 11.5 Å². The number of aromatic nitrogens is 5. The molecule has 0 atom stereocenters. The Morgan fingerprint density at radius 2 is 2.08 bits per heavy atom. The molecule has 1 aliphatic carbocycles. The fraction of sp³-hybridized carbons (Fsp3) is 0.267. The summed E-state index contributed by atoms with van der Waals surface area (Å²) < 4.78 is 5.95. The average Bonchev–Trinajstić information content (AvgIpc) is 3.29. The molecule has 0 radical (unpaired) electrons. The first kappa shape index (κ1) is 15.1. The van der Waals surface area contributed by atoms with Crippen molar-refractivity contribution in [1.29, 1.82) is 0 Å². The van der Waals surface area contributed by atoms with Gasteiger partial charge in [0.15, 0.2) is 5.69 Å². The van der Waals surface area contributed by atoms with E-state index in [0.717, 1.165) is 30.5 Å². The van der Waals surface area contributed by atoms with Crippen LogP contribution >= 0.6 is 0 Å². The van der Waals surface area contributed by atoms with Crippen LogP contribution in [0.5, 0.6) is 0 Å². The number of aromatic amines is 2. The highest BCUT2D eigenvalue weighted by Gasteiger charge is 2.25. The third kappa shape index (κ3) is 2.38. The van der Waals surface area contributed by atoms with E-state index < -0.39 is 17.4 Å². The maximum absolute atomic E-state index is 12.5. The summed E-state index contributed by atoms with van der Waals surface area (Å²) in [5.41, 5.74) is 4.74. The maximum atomic E-state index is 12.5. The van der Waals surface area contributed by atoms with Crippen LogP contribution in [-0.2, 0) is 17.6 Å². The lowest BCUT2D eigenvalue weighted by molar-refractivity contribution is 0.0600. The van der Waals surface area contributed by atoms with Crippen molar-refractivity contribution >= 4 is 11.9 Å². The van der Waals surface area contributed by atoms with Gasteiger partial charge in [-0.15, -0.1) is 0 Å². The second kappa shape index (κ2) is 5.58. The number of fused-ring (bicyclic) bond motifs is 2. The molecular weight excluding hydrogens is 328 g/mol. The second-order valence-electron chi connectivity index (χ2n) is 5.71. The molecule has 0 aromatic carbocycles. The number of aryl methyl sites for hydroxylation is 1. The molecule has 1 amide bonds. The van der Waals surface area contributed by atoms with Gasteiger partial charge in [-0.05, 0) is 19.3 Å².